The lowest BCUT2D eigenvalue weighted by atomic mass is 10.1. The van der Waals surface area contributed by atoms with Crippen LogP contribution in [0, 0.1) is 5.92 Å². The van der Waals surface area contributed by atoms with E-state index in [9.17, 15) is 22.8 Å². The van der Waals surface area contributed by atoms with Crippen molar-refractivity contribution in [2.75, 3.05) is 11.4 Å². The number of sulfonamides is 1. The van der Waals surface area contributed by atoms with Gasteiger partial charge in [-0.15, -0.1) is 0 Å². The number of carbonyl (C=O) groups excluding carboxylic acids is 3. The van der Waals surface area contributed by atoms with Crippen LogP contribution in [0.1, 0.15) is 24.8 Å². The van der Waals surface area contributed by atoms with Crippen LogP contribution in [0.2, 0.25) is 0 Å². The predicted octanol–water partition coefficient (Wildman–Crippen LogP) is 1.45. The molecule has 2 aliphatic rings. The highest BCUT2D eigenvalue weighted by atomic mass is 32.2. The van der Waals surface area contributed by atoms with E-state index < -0.39 is 22.0 Å². The smallest absolute Gasteiger partial charge is 0.257 e. The normalized spacial score (nSPS) is 19.0. The lowest BCUT2D eigenvalue weighted by molar-refractivity contribution is -0.139. The number of anilines is 1. The summed E-state index contributed by atoms with van der Waals surface area (Å²) in [5.74, 6) is -0.928. The van der Waals surface area contributed by atoms with Gasteiger partial charge in [0.25, 0.3) is 5.91 Å². The SMILES string of the molecule is NS(=O)(=O)c1ccc(CCN(C(=O)C2CC2)C2CC(=O)N(c3ccccc3)C2=O)cc1. The van der Waals surface area contributed by atoms with Crippen LogP contribution in [0.5, 0.6) is 0 Å². The molecule has 1 heterocycles. The zero-order valence-electron chi connectivity index (χ0n) is 16.8. The largest absolute Gasteiger partial charge is 0.330 e. The summed E-state index contributed by atoms with van der Waals surface area (Å²) in [5.41, 5.74) is 1.30. The lowest BCUT2D eigenvalue weighted by Crippen LogP contribution is -2.47. The molecule has 1 atom stereocenters. The highest BCUT2D eigenvalue weighted by molar-refractivity contribution is 7.89. The Labute approximate surface area is 180 Å². The fourth-order valence-electron chi connectivity index (χ4n) is 3.79. The van der Waals surface area contributed by atoms with Crippen LogP contribution in [0.4, 0.5) is 5.69 Å². The molecule has 3 amide bonds. The van der Waals surface area contributed by atoms with E-state index in [1.807, 2.05) is 0 Å². The standard InChI is InChI=1S/C22H23N3O5S/c23-31(29,30)18-10-6-15(7-11-18)12-13-24(21(27)16-8-9-16)19-14-20(26)25(22(19)28)17-4-2-1-3-5-17/h1-7,10-11,16,19H,8-9,12-14H2,(H2,23,29,30). The van der Waals surface area contributed by atoms with Crippen LogP contribution in [0.3, 0.4) is 0 Å². The van der Waals surface area contributed by atoms with Crippen molar-refractivity contribution in [1.82, 2.24) is 4.90 Å². The molecule has 8 nitrogen and oxygen atoms in total. The molecule has 0 radical (unpaired) electrons. The Balaban J connectivity index is 1.53. The Morgan fingerprint density at radius 1 is 1.03 bits per heavy atom. The third-order valence-electron chi connectivity index (χ3n) is 5.62. The molecule has 2 aromatic carbocycles. The van der Waals surface area contributed by atoms with Gasteiger partial charge in [-0.2, -0.15) is 0 Å². The molecule has 9 heteroatoms. The summed E-state index contributed by atoms with van der Waals surface area (Å²) in [7, 11) is -3.78. The van der Waals surface area contributed by atoms with Gasteiger partial charge in [-0.1, -0.05) is 30.3 Å². The minimum atomic E-state index is -3.78. The summed E-state index contributed by atoms with van der Waals surface area (Å²) in [4.78, 5) is 41.3. The quantitative estimate of drug-likeness (QED) is 0.653. The summed E-state index contributed by atoms with van der Waals surface area (Å²) in [6.45, 7) is 0.260. The summed E-state index contributed by atoms with van der Waals surface area (Å²) in [5, 5.41) is 5.13. The Kier molecular flexibility index (Phi) is 5.63. The van der Waals surface area contributed by atoms with Crippen LogP contribution in [0.15, 0.2) is 59.5 Å². The minimum absolute atomic E-state index is 0.0113. The van der Waals surface area contributed by atoms with Crippen molar-refractivity contribution in [3.63, 3.8) is 0 Å². The molecule has 0 spiro atoms. The zero-order valence-corrected chi connectivity index (χ0v) is 17.6. The first-order valence-electron chi connectivity index (χ1n) is 10.1. The van der Waals surface area contributed by atoms with E-state index in [1.165, 1.54) is 17.0 Å². The second-order valence-corrected chi connectivity index (χ2v) is 9.43. The van der Waals surface area contributed by atoms with Crippen molar-refractivity contribution in [3.8, 4) is 0 Å². The zero-order chi connectivity index (χ0) is 22.2. The van der Waals surface area contributed by atoms with Crippen LogP contribution >= 0.6 is 0 Å². The van der Waals surface area contributed by atoms with E-state index in [0.717, 1.165) is 23.3 Å². The van der Waals surface area contributed by atoms with Gasteiger partial charge in [-0.3, -0.25) is 14.4 Å². The summed E-state index contributed by atoms with van der Waals surface area (Å²) >= 11 is 0. The highest BCUT2D eigenvalue weighted by Gasteiger charge is 2.46. The number of carbonyl (C=O) groups is 3. The fraction of sp³-hybridized carbons (Fsp3) is 0.318. The minimum Gasteiger partial charge on any atom is -0.330 e. The topological polar surface area (TPSA) is 118 Å². The van der Waals surface area contributed by atoms with E-state index in [2.05, 4.69) is 0 Å². The van der Waals surface area contributed by atoms with Gasteiger partial charge in [-0.05, 0) is 49.1 Å². The molecule has 1 saturated heterocycles. The maximum atomic E-state index is 13.1. The molecule has 1 aliphatic heterocycles. The van der Waals surface area contributed by atoms with Crippen LogP contribution < -0.4 is 10.0 Å². The fourth-order valence-corrected chi connectivity index (χ4v) is 4.30. The number of benzene rings is 2. The summed E-state index contributed by atoms with van der Waals surface area (Å²) in [6, 6.07) is 14.0. The van der Waals surface area contributed by atoms with E-state index >= 15 is 0 Å². The first-order valence-corrected chi connectivity index (χ1v) is 11.6. The molecule has 0 aromatic heterocycles. The second-order valence-electron chi connectivity index (χ2n) is 7.87. The van der Waals surface area contributed by atoms with Crippen molar-refractivity contribution in [3.05, 3.63) is 60.2 Å². The first-order chi connectivity index (χ1) is 14.8. The molecule has 162 valence electrons. The maximum Gasteiger partial charge on any atom is 0.257 e. The first kappa shape index (κ1) is 21.2. The molecule has 2 fully saturated rings. The van der Waals surface area contributed by atoms with E-state index in [1.54, 1.807) is 42.5 Å². The summed E-state index contributed by atoms with van der Waals surface area (Å²) < 4.78 is 22.8. The average Bonchev–Trinajstić information content (AvgIpc) is 3.54. The van der Waals surface area contributed by atoms with Gasteiger partial charge in [0.05, 0.1) is 17.0 Å². The van der Waals surface area contributed by atoms with E-state index in [4.69, 9.17) is 5.14 Å². The number of rotatable bonds is 7. The Morgan fingerprint density at radius 2 is 1.68 bits per heavy atom. The van der Waals surface area contributed by atoms with Crippen molar-refractivity contribution in [2.24, 2.45) is 11.1 Å². The van der Waals surface area contributed by atoms with Gasteiger partial charge in [-0.25, -0.2) is 18.5 Å². The molecule has 4 rings (SSSR count). The van der Waals surface area contributed by atoms with E-state index in [0.29, 0.717) is 12.1 Å². The van der Waals surface area contributed by atoms with Gasteiger partial charge < -0.3 is 4.90 Å². The predicted molar refractivity (Wildman–Crippen MR) is 113 cm³/mol. The average molecular weight is 442 g/mol. The molecule has 0 bridgehead atoms. The third kappa shape index (κ3) is 4.52. The Bertz CT molecular complexity index is 1110. The molecule has 2 N–H and O–H groups in total. The summed E-state index contributed by atoms with van der Waals surface area (Å²) in [6.07, 6.45) is 1.95. The third-order valence-corrected chi connectivity index (χ3v) is 6.55. The van der Waals surface area contributed by atoms with Gasteiger partial charge in [0, 0.05) is 12.5 Å². The van der Waals surface area contributed by atoms with Gasteiger partial charge >= 0.3 is 0 Å². The number of hydrogen-bond donors (Lipinski definition) is 1. The Hall–Kier alpha value is -3.04. The van der Waals surface area contributed by atoms with Gasteiger partial charge in [0.1, 0.15) is 6.04 Å². The number of para-hydroxylation sites is 1. The maximum absolute atomic E-state index is 13.1. The number of amides is 3. The molecular formula is C22H23N3O5S. The lowest BCUT2D eigenvalue weighted by Gasteiger charge is -2.28. The van der Waals surface area contributed by atoms with Gasteiger partial charge in [0.15, 0.2) is 0 Å². The van der Waals surface area contributed by atoms with Crippen LogP contribution in [-0.2, 0) is 30.8 Å². The second kappa shape index (κ2) is 8.24. The van der Waals surface area contributed by atoms with Crippen LogP contribution in [0.25, 0.3) is 0 Å². The monoisotopic (exact) mass is 441 g/mol. The molecule has 31 heavy (non-hydrogen) atoms. The van der Waals surface area contributed by atoms with Crippen molar-refractivity contribution < 1.29 is 22.8 Å². The van der Waals surface area contributed by atoms with Crippen LogP contribution in [-0.4, -0.2) is 43.6 Å². The number of hydrogen-bond acceptors (Lipinski definition) is 5. The number of primary sulfonamides is 1. The molecule has 1 saturated carbocycles. The van der Waals surface area contributed by atoms with Crippen molar-refractivity contribution >= 4 is 33.4 Å². The number of imide groups is 1. The Morgan fingerprint density at radius 3 is 2.26 bits per heavy atom. The van der Waals surface area contributed by atoms with E-state index in [-0.39, 0.29) is 35.6 Å². The number of nitrogens with zero attached hydrogens (tertiary/aromatic N) is 2. The molecule has 1 aliphatic carbocycles. The van der Waals surface area contributed by atoms with Crippen molar-refractivity contribution in [2.45, 2.75) is 36.6 Å². The molecule has 1 unspecified atom stereocenters. The molecule has 2 aromatic rings. The van der Waals surface area contributed by atoms with Crippen molar-refractivity contribution in [1.29, 1.82) is 0 Å². The molecular weight excluding hydrogens is 418 g/mol. The van der Waals surface area contributed by atoms with Gasteiger partial charge in [0.2, 0.25) is 21.8 Å². The number of nitrogens with two attached hydrogens (primary N) is 1. The highest BCUT2D eigenvalue weighted by Crippen LogP contribution is 2.34.